The van der Waals surface area contributed by atoms with Crippen LogP contribution in [0.25, 0.3) is 0 Å². The number of aryl methyl sites for hydroxylation is 2. The molecule has 1 amide bonds. The zero-order valence-electron chi connectivity index (χ0n) is 12.9. The van der Waals surface area contributed by atoms with Crippen molar-refractivity contribution in [1.29, 1.82) is 0 Å². The number of amides is 1. The number of aliphatic hydroxyl groups is 1. The molecule has 0 spiro atoms. The predicted octanol–water partition coefficient (Wildman–Crippen LogP) is 2.08. The van der Waals surface area contributed by atoms with E-state index in [1.807, 2.05) is 26.0 Å². The highest BCUT2D eigenvalue weighted by Crippen LogP contribution is 2.25. The van der Waals surface area contributed by atoms with Crippen LogP contribution in [0.2, 0.25) is 0 Å². The summed E-state index contributed by atoms with van der Waals surface area (Å²) in [6.45, 7) is 4.36. The SMILES string of the molecule is CC(C)CC(O)CNC(=O)COc1ccc2c(c1)CCC2. The van der Waals surface area contributed by atoms with E-state index in [0.717, 1.165) is 18.6 Å². The third-order valence-electron chi connectivity index (χ3n) is 3.72. The van der Waals surface area contributed by atoms with Crippen LogP contribution in [-0.2, 0) is 17.6 Å². The predicted molar refractivity (Wildman–Crippen MR) is 82.4 cm³/mol. The first-order valence-electron chi connectivity index (χ1n) is 7.74. The third kappa shape index (κ3) is 5.05. The van der Waals surface area contributed by atoms with Gasteiger partial charge in [-0.05, 0) is 54.9 Å². The van der Waals surface area contributed by atoms with Crippen molar-refractivity contribution in [3.63, 3.8) is 0 Å². The topological polar surface area (TPSA) is 58.6 Å². The van der Waals surface area contributed by atoms with Gasteiger partial charge in [-0.25, -0.2) is 0 Å². The van der Waals surface area contributed by atoms with Gasteiger partial charge in [-0.2, -0.15) is 0 Å². The minimum Gasteiger partial charge on any atom is -0.484 e. The maximum atomic E-state index is 11.7. The van der Waals surface area contributed by atoms with Gasteiger partial charge in [0.15, 0.2) is 6.61 Å². The molecule has 2 rings (SSSR count). The summed E-state index contributed by atoms with van der Waals surface area (Å²) in [6, 6.07) is 6.04. The highest BCUT2D eigenvalue weighted by molar-refractivity contribution is 5.77. The smallest absolute Gasteiger partial charge is 0.258 e. The lowest BCUT2D eigenvalue weighted by Gasteiger charge is -2.14. The van der Waals surface area contributed by atoms with Crippen LogP contribution >= 0.6 is 0 Å². The average molecular weight is 291 g/mol. The normalized spacial score (nSPS) is 14.9. The highest BCUT2D eigenvalue weighted by atomic mass is 16.5. The van der Waals surface area contributed by atoms with Crippen LogP contribution in [0.4, 0.5) is 0 Å². The van der Waals surface area contributed by atoms with Crippen molar-refractivity contribution in [3.8, 4) is 5.75 Å². The molecule has 1 aliphatic rings. The maximum Gasteiger partial charge on any atom is 0.258 e. The van der Waals surface area contributed by atoms with Crippen molar-refractivity contribution >= 4 is 5.91 Å². The molecule has 0 fully saturated rings. The molecule has 1 atom stereocenters. The van der Waals surface area contributed by atoms with Crippen molar-refractivity contribution in [1.82, 2.24) is 5.32 Å². The number of hydrogen-bond donors (Lipinski definition) is 2. The Kier molecular flexibility index (Phi) is 5.62. The van der Waals surface area contributed by atoms with Crippen LogP contribution in [-0.4, -0.2) is 30.3 Å². The molecule has 116 valence electrons. The summed E-state index contributed by atoms with van der Waals surface area (Å²) in [5.41, 5.74) is 2.73. The van der Waals surface area contributed by atoms with Gasteiger partial charge >= 0.3 is 0 Å². The fourth-order valence-corrected chi connectivity index (χ4v) is 2.70. The van der Waals surface area contributed by atoms with Crippen LogP contribution in [0, 0.1) is 5.92 Å². The Morgan fingerprint density at radius 3 is 2.86 bits per heavy atom. The fourth-order valence-electron chi connectivity index (χ4n) is 2.70. The Bertz CT molecular complexity index is 485. The molecular formula is C17H25NO3. The van der Waals surface area contributed by atoms with Gasteiger partial charge < -0.3 is 15.2 Å². The number of aliphatic hydroxyl groups excluding tert-OH is 1. The molecule has 0 aliphatic heterocycles. The quantitative estimate of drug-likeness (QED) is 0.808. The largest absolute Gasteiger partial charge is 0.484 e. The van der Waals surface area contributed by atoms with E-state index in [0.29, 0.717) is 12.3 Å². The Labute approximate surface area is 126 Å². The van der Waals surface area contributed by atoms with Gasteiger partial charge in [-0.3, -0.25) is 4.79 Å². The zero-order chi connectivity index (χ0) is 15.2. The molecule has 4 heteroatoms. The van der Waals surface area contributed by atoms with E-state index < -0.39 is 6.10 Å². The van der Waals surface area contributed by atoms with Crippen molar-refractivity contribution in [2.45, 2.75) is 45.6 Å². The molecule has 0 bridgehead atoms. The second-order valence-corrected chi connectivity index (χ2v) is 6.16. The Morgan fingerprint density at radius 1 is 1.33 bits per heavy atom. The summed E-state index contributed by atoms with van der Waals surface area (Å²) in [5, 5.41) is 12.4. The van der Waals surface area contributed by atoms with Crippen molar-refractivity contribution in [3.05, 3.63) is 29.3 Å². The average Bonchev–Trinajstić information content (AvgIpc) is 2.89. The van der Waals surface area contributed by atoms with Gasteiger partial charge in [-0.1, -0.05) is 19.9 Å². The molecule has 0 aromatic heterocycles. The number of ether oxygens (including phenoxy) is 1. The van der Waals surface area contributed by atoms with Crippen molar-refractivity contribution in [2.24, 2.45) is 5.92 Å². The number of carbonyl (C=O) groups excluding carboxylic acids is 1. The minimum absolute atomic E-state index is 0.00676. The molecule has 1 unspecified atom stereocenters. The number of nitrogens with one attached hydrogen (secondary N) is 1. The Hall–Kier alpha value is -1.55. The number of benzene rings is 1. The van der Waals surface area contributed by atoms with E-state index in [-0.39, 0.29) is 19.1 Å². The first kappa shape index (κ1) is 15.8. The summed E-state index contributed by atoms with van der Waals surface area (Å²) >= 11 is 0. The summed E-state index contributed by atoms with van der Waals surface area (Å²) in [4.78, 5) is 11.7. The van der Waals surface area contributed by atoms with Crippen molar-refractivity contribution < 1.29 is 14.6 Å². The summed E-state index contributed by atoms with van der Waals surface area (Å²) in [7, 11) is 0. The van der Waals surface area contributed by atoms with Crippen LogP contribution in [0.3, 0.4) is 0 Å². The number of fused-ring (bicyclic) bond motifs is 1. The molecule has 0 saturated heterocycles. The summed E-state index contributed by atoms with van der Waals surface area (Å²) < 4.78 is 5.51. The molecule has 21 heavy (non-hydrogen) atoms. The van der Waals surface area contributed by atoms with Gasteiger partial charge in [0.05, 0.1) is 6.10 Å². The maximum absolute atomic E-state index is 11.7. The van der Waals surface area contributed by atoms with Gasteiger partial charge in [-0.15, -0.1) is 0 Å². The van der Waals surface area contributed by atoms with E-state index in [1.54, 1.807) is 0 Å². The minimum atomic E-state index is -0.492. The Balaban J connectivity index is 1.71. The molecule has 1 aromatic rings. The second-order valence-electron chi connectivity index (χ2n) is 6.16. The van der Waals surface area contributed by atoms with E-state index >= 15 is 0 Å². The standard InChI is InChI=1S/C17H25NO3/c1-12(2)8-15(19)10-18-17(20)11-21-16-7-6-13-4-3-5-14(13)9-16/h6-7,9,12,15,19H,3-5,8,10-11H2,1-2H3,(H,18,20). The van der Waals surface area contributed by atoms with Crippen LogP contribution in [0.1, 0.15) is 37.8 Å². The number of hydrogen-bond acceptors (Lipinski definition) is 3. The molecule has 0 saturated carbocycles. The molecule has 1 aliphatic carbocycles. The zero-order valence-corrected chi connectivity index (χ0v) is 12.9. The fraction of sp³-hybridized carbons (Fsp3) is 0.588. The second kappa shape index (κ2) is 7.46. The first-order valence-corrected chi connectivity index (χ1v) is 7.74. The lowest BCUT2D eigenvalue weighted by molar-refractivity contribution is -0.123. The molecule has 1 aromatic carbocycles. The van der Waals surface area contributed by atoms with E-state index in [9.17, 15) is 9.90 Å². The number of rotatable bonds is 7. The van der Waals surface area contributed by atoms with Gasteiger partial charge in [0, 0.05) is 6.54 Å². The lowest BCUT2D eigenvalue weighted by atomic mass is 10.1. The Morgan fingerprint density at radius 2 is 2.10 bits per heavy atom. The summed E-state index contributed by atoms with van der Waals surface area (Å²) in [6.07, 6.45) is 3.64. The molecule has 0 radical (unpaired) electrons. The van der Waals surface area contributed by atoms with Gasteiger partial charge in [0.1, 0.15) is 5.75 Å². The van der Waals surface area contributed by atoms with Crippen LogP contribution in [0.15, 0.2) is 18.2 Å². The lowest BCUT2D eigenvalue weighted by Crippen LogP contribution is -2.35. The molecule has 0 heterocycles. The van der Waals surface area contributed by atoms with Crippen molar-refractivity contribution in [2.75, 3.05) is 13.2 Å². The first-order chi connectivity index (χ1) is 10.0. The van der Waals surface area contributed by atoms with E-state index in [2.05, 4.69) is 11.4 Å². The monoisotopic (exact) mass is 291 g/mol. The third-order valence-corrected chi connectivity index (χ3v) is 3.72. The number of carbonyl (C=O) groups is 1. The highest BCUT2D eigenvalue weighted by Gasteiger charge is 2.12. The van der Waals surface area contributed by atoms with Crippen LogP contribution < -0.4 is 10.1 Å². The molecular weight excluding hydrogens is 266 g/mol. The van der Waals surface area contributed by atoms with Gasteiger partial charge in [0.2, 0.25) is 0 Å². The molecule has 4 nitrogen and oxygen atoms in total. The molecule has 2 N–H and O–H groups in total. The summed E-state index contributed by atoms with van der Waals surface area (Å²) in [5.74, 6) is 0.964. The van der Waals surface area contributed by atoms with Crippen LogP contribution in [0.5, 0.6) is 5.75 Å². The van der Waals surface area contributed by atoms with E-state index in [1.165, 1.54) is 17.5 Å². The van der Waals surface area contributed by atoms with E-state index in [4.69, 9.17) is 4.74 Å². The van der Waals surface area contributed by atoms with Gasteiger partial charge in [0.25, 0.3) is 5.91 Å².